The highest BCUT2D eigenvalue weighted by Crippen LogP contribution is 2.36. The van der Waals surface area contributed by atoms with Gasteiger partial charge in [0, 0.05) is 6.07 Å². The molecule has 7 heteroatoms. The molecule has 0 spiro atoms. The van der Waals surface area contributed by atoms with Crippen LogP contribution in [0.15, 0.2) is 41.0 Å². The zero-order valence-corrected chi connectivity index (χ0v) is 12.8. The monoisotopic (exact) mass is 352 g/mol. The van der Waals surface area contributed by atoms with E-state index in [9.17, 15) is 15.2 Å². The first kappa shape index (κ1) is 15.4. The van der Waals surface area contributed by atoms with Crippen LogP contribution in [0.25, 0.3) is 0 Å². The van der Waals surface area contributed by atoms with E-state index in [0.29, 0.717) is 23.6 Å². The van der Waals surface area contributed by atoms with Crippen molar-refractivity contribution in [3.05, 3.63) is 56.8 Å². The van der Waals surface area contributed by atoms with Crippen molar-refractivity contribution in [1.29, 1.82) is 0 Å². The molecule has 0 fully saturated rings. The highest BCUT2D eigenvalue weighted by molar-refractivity contribution is 9.10. The molecule has 0 aliphatic heterocycles. The Balaban J connectivity index is 2.22. The first-order valence-corrected chi connectivity index (χ1v) is 7.07. The van der Waals surface area contributed by atoms with Gasteiger partial charge in [-0.05, 0) is 40.5 Å². The first-order valence-electron chi connectivity index (χ1n) is 6.27. The van der Waals surface area contributed by atoms with E-state index in [2.05, 4.69) is 20.9 Å². The van der Waals surface area contributed by atoms with Crippen molar-refractivity contribution in [2.24, 2.45) is 0 Å². The summed E-state index contributed by atoms with van der Waals surface area (Å²) in [4.78, 5) is 14.5. The molecule has 2 rings (SSSR count). The van der Waals surface area contributed by atoms with Crippen LogP contribution < -0.4 is 4.74 Å². The molecule has 0 saturated carbocycles. The third-order valence-electron chi connectivity index (χ3n) is 2.85. The van der Waals surface area contributed by atoms with E-state index in [-0.39, 0.29) is 10.2 Å². The number of aliphatic hydroxyl groups is 1. The van der Waals surface area contributed by atoms with E-state index in [1.165, 1.54) is 12.3 Å². The second-order valence-electron chi connectivity index (χ2n) is 4.29. The number of aromatic nitrogens is 1. The molecule has 0 radical (unpaired) electrons. The van der Waals surface area contributed by atoms with E-state index in [4.69, 9.17) is 4.74 Å². The van der Waals surface area contributed by atoms with Gasteiger partial charge >= 0.3 is 0 Å². The molecule has 1 atom stereocenters. The minimum Gasteiger partial charge on any atom is -0.454 e. The molecule has 2 aromatic rings. The molecule has 1 aromatic carbocycles. The van der Waals surface area contributed by atoms with Crippen LogP contribution in [0.1, 0.15) is 25.1 Å². The quantitative estimate of drug-likeness (QED) is 0.649. The second kappa shape index (κ2) is 6.64. The number of nitro groups is 1. The van der Waals surface area contributed by atoms with Gasteiger partial charge in [-0.3, -0.25) is 15.1 Å². The Labute approximate surface area is 129 Å². The average Bonchev–Trinajstić information content (AvgIpc) is 2.49. The van der Waals surface area contributed by atoms with E-state index in [0.717, 1.165) is 0 Å². The number of halogens is 1. The Morgan fingerprint density at radius 2 is 2.19 bits per heavy atom. The van der Waals surface area contributed by atoms with Gasteiger partial charge in [0.2, 0.25) is 0 Å². The van der Waals surface area contributed by atoms with Crippen molar-refractivity contribution in [2.75, 3.05) is 0 Å². The van der Waals surface area contributed by atoms with Crippen molar-refractivity contribution < 1.29 is 14.8 Å². The van der Waals surface area contributed by atoms with Crippen molar-refractivity contribution in [3.8, 4) is 11.5 Å². The molecule has 0 saturated heterocycles. The summed E-state index contributed by atoms with van der Waals surface area (Å²) in [5, 5.41) is 20.5. The van der Waals surface area contributed by atoms with Crippen molar-refractivity contribution in [2.45, 2.75) is 19.4 Å². The predicted molar refractivity (Wildman–Crippen MR) is 80.4 cm³/mol. The minimum atomic E-state index is -0.608. The van der Waals surface area contributed by atoms with Crippen LogP contribution in [0.2, 0.25) is 0 Å². The zero-order valence-electron chi connectivity index (χ0n) is 11.2. The zero-order chi connectivity index (χ0) is 15.4. The topological polar surface area (TPSA) is 85.5 Å². The maximum Gasteiger partial charge on any atom is 0.287 e. The van der Waals surface area contributed by atoms with Gasteiger partial charge < -0.3 is 9.84 Å². The standard InChI is InChI=1S/C14H13BrN2O4/c1-2-12(18)10-7-6-9(8-16-10)21-13-5-3-4-11(14(13)15)17(19)20/h3-8,12,18H,2H2,1H3/t12-/m1/s1. The van der Waals surface area contributed by atoms with Crippen LogP contribution in [-0.4, -0.2) is 15.0 Å². The van der Waals surface area contributed by atoms with Gasteiger partial charge in [-0.25, -0.2) is 0 Å². The van der Waals surface area contributed by atoms with E-state index < -0.39 is 11.0 Å². The summed E-state index contributed by atoms with van der Waals surface area (Å²) in [7, 11) is 0. The SMILES string of the molecule is CC[C@@H](O)c1ccc(Oc2cccc([N+](=O)[O-])c2Br)cn1. The summed E-state index contributed by atoms with van der Waals surface area (Å²) in [6.45, 7) is 1.86. The highest BCUT2D eigenvalue weighted by atomic mass is 79.9. The molecule has 1 heterocycles. The minimum absolute atomic E-state index is 0.0708. The molecule has 110 valence electrons. The van der Waals surface area contributed by atoms with Crippen LogP contribution in [0.3, 0.4) is 0 Å². The van der Waals surface area contributed by atoms with Gasteiger partial charge in [-0.2, -0.15) is 0 Å². The Kier molecular flexibility index (Phi) is 4.87. The largest absolute Gasteiger partial charge is 0.454 e. The normalized spacial score (nSPS) is 12.0. The molecule has 0 bridgehead atoms. The third kappa shape index (κ3) is 3.56. The van der Waals surface area contributed by atoms with Crippen LogP contribution in [0, 0.1) is 10.1 Å². The van der Waals surface area contributed by atoms with Gasteiger partial charge in [0.05, 0.1) is 22.9 Å². The molecule has 0 amide bonds. The van der Waals surface area contributed by atoms with Gasteiger partial charge in [0.1, 0.15) is 16.0 Å². The fourth-order valence-electron chi connectivity index (χ4n) is 1.70. The fourth-order valence-corrected chi connectivity index (χ4v) is 2.19. The Morgan fingerprint density at radius 1 is 1.43 bits per heavy atom. The second-order valence-corrected chi connectivity index (χ2v) is 5.08. The lowest BCUT2D eigenvalue weighted by Crippen LogP contribution is -1.98. The Morgan fingerprint density at radius 3 is 2.76 bits per heavy atom. The van der Waals surface area contributed by atoms with Crippen molar-refractivity contribution in [1.82, 2.24) is 4.98 Å². The lowest BCUT2D eigenvalue weighted by atomic mass is 10.2. The van der Waals surface area contributed by atoms with E-state index in [1.54, 1.807) is 24.3 Å². The summed E-state index contributed by atoms with van der Waals surface area (Å²) >= 11 is 3.16. The van der Waals surface area contributed by atoms with Crippen molar-refractivity contribution in [3.63, 3.8) is 0 Å². The molecule has 21 heavy (non-hydrogen) atoms. The molecular weight excluding hydrogens is 340 g/mol. The van der Waals surface area contributed by atoms with Crippen molar-refractivity contribution >= 4 is 21.6 Å². The molecule has 1 N–H and O–H groups in total. The maximum atomic E-state index is 10.9. The molecule has 0 aliphatic rings. The Bertz CT molecular complexity index is 646. The average molecular weight is 353 g/mol. The molecule has 0 unspecified atom stereocenters. The number of rotatable bonds is 5. The first-order chi connectivity index (χ1) is 10.0. The van der Waals surface area contributed by atoms with E-state index >= 15 is 0 Å². The molecule has 1 aromatic heterocycles. The predicted octanol–water partition coefficient (Wildman–Crippen LogP) is 3.99. The van der Waals surface area contributed by atoms with Crippen LogP contribution in [-0.2, 0) is 0 Å². The van der Waals surface area contributed by atoms with E-state index in [1.807, 2.05) is 6.92 Å². The maximum absolute atomic E-state index is 10.9. The summed E-state index contributed by atoms with van der Waals surface area (Å²) in [6.07, 6.45) is 1.44. The lowest BCUT2D eigenvalue weighted by Gasteiger charge is -2.10. The number of benzene rings is 1. The number of nitrogens with zero attached hydrogens (tertiary/aromatic N) is 2. The van der Waals surface area contributed by atoms with Crippen LogP contribution in [0.4, 0.5) is 5.69 Å². The third-order valence-corrected chi connectivity index (χ3v) is 3.65. The summed E-state index contributed by atoms with van der Waals surface area (Å²) in [5.41, 5.74) is 0.487. The van der Waals surface area contributed by atoms with Gasteiger partial charge in [-0.1, -0.05) is 13.0 Å². The van der Waals surface area contributed by atoms with Crippen LogP contribution >= 0.6 is 15.9 Å². The lowest BCUT2D eigenvalue weighted by molar-refractivity contribution is -0.385. The summed E-state index contributed by atoms with van der Waals surface area (Å²) < 4.78 is 5.84. The number of nitro benzene ring substituents is 1. The molecular formula is C14H13BrN2O4. The number of hydrogen-bond acceptors (Lipinski definition) is 5. The number of aliphatic hydroxyl groups excluding tert-OH is 1. The number of ether oxygens (including phenoxy) is 1. The summed E-state index contributed by atoms with van der Waals surface area (Å²) in [5.74, 6) is 0.762. The van der Waals surface area contributed by atoms with Gasteiger partial charge in [0.25, 0.3) is 5.69 Å². The van der Waals surface area contributed by atoms with Crippen LogP contribution in [0.5, 0.6) is 11.5 Å². The Hall–Kier alpha value is -1.99. The summed E-state index contributed by atoms with van der Waals surface area (Å²) in [6, 6.07) is 7.86. The smallest absolute Gasteiger partial charge is 0.287 e. The van der Waals surface area contributed by atoms with Gasteiger partial charge in [-0.15, -0.1) is 0 Å². The number of hydrogen-bond donors (Lipinski definition) is 1. The van der Waals surface area contributed by atoms with Gasteiger partial charge in [0.15, 0.2) is 0 Å². The fraction of sp³-hybridized carbons (Fsp3) is 0.214. The number of pyridine rings is 1. The molecule has 0 aliphatic carbocycles. The molecule has 6 nitrogen and oxygen atoms in total. The highest BCUT2D eigenvalue weighted by Gasteiger charge is 2.16.